The van der Waals surface area contributed by atoms with Gasteiger partial charge in [-0.3, -0.25) is 0 Å². The zero-order valence-electron chi connectivity index (χ0n) is 14.6. The Morgan fingerprint density at radius 3 is 2.59 bits per heavy atom. The number of hydrogen-bond donors (Lipinski definition) is 1. The molecule has 0 radical (unpaired) electrons. The van der Waals surface area contributed by atoms with Crippen LogP contribution in [-0.2, 0) is 0 Å². The van der Waals surface area contributed by atoms with Gasteiger partial charge in [-0.2, -0.15) is 0 Å². The Balaban J connectivity index is 1.96. The molecule has 27 heavy (non-hydrogen) atoms. The molecule has 0 aliphatic carbocycles. The highest BCUT2D eigenvalue weighted by Crippen LogP contribution is 2.45. The molecule has 1 aromatic heterocycles. The number of aromatic nitrogens is 1. The molecule has 0 fully saturated rings. The minimum Gasteiger partial charge on any atom is -0.493 e. The number of pyridine rings is 1. The third kappa shape index (κ3) is 2.99. The smallest absolute Gasteiger partial charge is 0.187 e. The Bertz CT molecular complexity index is 1080. The molecule has 0 amide bonds. The molecule has 1 unspecified atom stereocenters. The third-order valence-electron chi connectivity index (χ3n) is 4.51. The number of benzene rings is 2. The number of nitrogens with two attached hydrogens (primary N) is 1. The Labute approximate surface area is 169 Å². The highest BCUT2D eigenvalue weighted by Gasteiger charge is 2.28. The number of halogens is 2. The maximum atomic E-state index is 6.45. The van der Waals surface area contributed by atoms with Crippen molar-refractivity contribution in [1.29, 1.82) is 0 Å². The maximum absolute atomic E-state index is 6.45. The standard InChI is InChI=1S/C20H16BrClN2O3/c1-25-15-8-10(7-14(21)19(15)26-2)13-9-16(23)27-18-11-5-3-4-6-12(11)20(22)24-17(13)18/h3-9,13H,23H2,1-2H3. The molecule has 2 N–H and O–H groups in total. The zero-order chi connectivity index (χ0) is 19.1. The van der Waals surface area contributed by atoms with Crippen LogP contribution in [0.25, 0.3) is 10.8 Å². The van der Waals surface area contributed by atoms with Gasteiger partial charge in [0.15, 0.2) is 23.1 Å². The lowest BCUT2D eigenvalue weighted by Crippen LogP contribution is -2.18. The van der Waals surface area contributed by atoms with Gasteiger partial charge in [0.1, 0.15) is 5.15 Å². The van der Waals surface area contributed by atoms with Crippen LogP contribution in [-0.4, -0.2) is 19.2 Å². The Hall–Kier alpha value is -2.44. The number of nitrogens with zero attached hydrogens (tertiary/aromatic N) is 1. The average Bonchev–Trinajstić information content (AvgIpc) is 2.67. The Morgan fingerprint density at radius 2 is 1.89 bits per heavy atom. The molecule has 0 saturated heterocycles. The minimum absolute atomic E-state index is 0.244. The molecule has 0 saturated carbocycles. The van der Waals surface area contributed by atoms with E-state index in [4.69, 9.17) is 31.5 Å². The van der Waals surface area contributed by atoms with Crippen molar-refractivity contribution in [3.8, 4) is 17.2 Å². The van der Waals surface area contributed by atoms with Gasteiger partial charge < -0.3 is 19.9 Å². The molecule has 7 heteroatoms. The average molecular weight is 448 g/mol. The lowest BCUT2D eigenvalue weighted by molar-refractivity contribution is 0.352. The highest BCUT2D eigenvalue weighted by atomic mass is 79.9. The first-order valence-electron chi connectivity index (χ1n) is 8.18. The van der Waals surface area contributed by atoms with Crippen molar-refractivity contribution in [2.45, 2.75) is 5.92 Å². The molecule has 1 atom stereocenters. The second-order valence-electron chi connectivity index (χ2n) is 6.05. The second kappa shape index (κ2) is 6.94. The molecule has 5 nitrogen and oxygen atoms in total. The predicted molar refractivity (Wildman–Crippen MR) is 109 cm³/mol. The van der Waals surface area contributed by atoms with Crippen LogP contribution in [0.15, 0.2) is 52.8 Å². The van der Waals surface area contributed by atoms with Crippen molar-refractivity contribution in [1.82, 2.24) is 4.98 Å². The first-order chi connectivity index (χ1) is 13.0. The molecular weight excluding hydrogens is 432 g/mol. The molecule has 138 valence electrons. The maximum Gasteiger partial charge on any atom is 0.187 e. The van der Waals surface area contributed by atoms with Crippen molar-refractivity contribution < 1.29 is 14.2 Å². The van der Waals surface area contributed by atoms with Gasteiger partial charge >= 0.3 is 0 Å². The zero-order valence-corrected chi connectivity index (χ0v) is 17.0. The topological polar surface area (TPSA) is 66.6 Å². The number of methoxy groups -OCH3 is 2. The van der Waals surface area contributed by atoms with E-state index in [-0.39, 0.29) is 5.92 Å². The van der Waals surface area contributed by atoms with Gasteiger partial charge in [0.2, 0.25) is 0 Å². The minimum atomic E-state index is -0.244. The molecule has 0 spiro atoms. The van der Waals surface area contributed by atoms with Crippen LogP contribution in [0.2, 0.25) is 5.15 Å². The summed E-state index contributed by atoms with van der Waals surface area (Å²) < 4.78 is 17.5. The van der Waals surface area contributed by atoms with E-state index in [2.05, 4.69) is 20.9 Å². The first kappa shape index (κ1) is 17.9. The van der Waals surface area contributed by atoms with Gasteiger partial charge in [-0.15, -0.1) is 0 Å². The fourth-order valence-electron chi connectivity index (χ4n) is 3.30. The van der Waals surface area contributed by atoms with E-state index in [9.17, 15) is 0 Å². The van der Waals surface area contributed by atoms with E-state index in [1.807, 2.05) is 42.5 Å². The van der Waals surface area contributed by atoms with Gasteiger partial charge in [-0.05, 0) is 39.7 Å². The molecule has 1 aliphatic heterocycles. The fraction of sp³-hybridized carbons (Fsp3) is 0.150. The van der Waals surface area contributed by atoms with Crippen LogP contribution in [0.3, 0.4) is 0 Å². The monoisotopic (exact) mass is 446 g/mol. The highest BCUT2D eigenvalue weighted by molar-refractivity contribution is 9.10. The van der Waals surface area contributed by atoms with Crippen molar-refractivity contribution in [3.05, 3.63) is 69.2 Å². The normalized spacial score (nSPS) is 15.7. The fourth-order valence-corrected chi connectivity index (χ4v) is 4.18. The van der Waals surface area contributed by atoms with E-state index in [0.29, 0.717) is 34.0 Å². The number of rotatable bonds is 3. The van der Waals surface area contributed by atoms with Gasteiger partial charge in [-0.25, -0.2) is 4.98 Å². The van der Waals surface area contributed by atoms with Gasteiger partial charge in [-0.1, -0.05) is 35.9 Å². The van der Waals surface area contributed by atoms with Crippen LogP contribution in [0.1, 0.15) is 17.2 Å². The van der Waals surface area contributed by atoms with Gasteiger partial charge in [0, 0.05) is 10.8 Å². The number of fused-ring (bicyclic) bond motifs is 3. The predicted octanol–water partition coefficient (Wildman–Crippen LogP) is 4.99. The van der Waals surface area contributed by atoms with E-state index in [1.165, 1.54) is 0 Å². The van der Waals surface area contributed by atoms with E-state index in [0.717, 1.165) is 20.8 Å². The third-order valence-corrected chi connectivity index (χ3v) is 5.38. The van der Waals surface area contributed by atoms with Crippen molar-refractivity contribution in [3.63, 3.8) is 0 Å². The number of allylic oxidation sites excluding steroid dienone is 1. The van der Waals surface area contributed by atoms with Crippen LogP contribution in [0.4, 0.5) is 0 Å². The summed E-state index contributed by atoms with van der Waals surface area (Å²) >= 11 is 9.99. The van der Waals surface area contributed by atoms with E-state index >= 15 is 0 Å². The molecule has 4 rings (SSSR count). The Kier molecular flexibility index (Phi) is 4.61. The second-order valence-corrected chi connectivity index (χ2v) is 7.26. The van der Waals surface area contributed by atoms with Crippen LogP contribution >= 0.6 is 27.5 Å². The van der Waals surface area contributed by atoms with Crippen molar-refractivity contribution in [2.24, 2.45) is 5.73 Å². The molecule has 2 heterocycles. The summed E-state index contributed by atoms with van der Waals surface area (Å²) in [7, 11) is 3.19. The summed E-state index contributed by atoms with van der Waals surface area (Å²) in [6.07, 6.45) is 1.81. The van der Waals surface area contributed by atoms with E-state index in [1.54, 1.807) is 14.2 Å². The van der Waals surface area contributed by atoms with Crippen LogP contribution in [0.5, 0.6) is 17.2 Å². The van der Waals surface area contributed by atoms with Crippen LogP contribution < -0.4 is 19.9 Å². The number of hydrogen-bond acceptors (Lipinski definition) is 5. The number of ether oxygens (including phenoxy) is 3. The largest absolute Gasteiger partial charge is 0.493 e. The Morgan fingerprint density at radius 1 is 1.15 bits per heavy atom. The molecule has 3 aromatic rings. The first-order valence-corrected chi connectivity index (χ1v) is 9.35. The van der Waals surface area contributed by atoms with Crippen LogP contribution in [0, 0.1) is 0 Å². The summed E-state index contributed by atoms with van der Waals surface area (Å²) in [5.74, 6) is 1.91. The van der Waals surface area contributed by atoms with Crippen molar-refractivity contribution in [2.75, 3.05) is 14.2 Å². The summed E-state index contributed by atoms with van der Waals surface area (Å²) in [5.41, 5.74) is 7.70. The van der Waals surface area contributed by atoms with Gasteiger partial charge in [0.25, 0.3) is 0 Å². The van der Waals surface area contributed by atoms with E-state index < -0.39 is 0 Å². The van der Waals surface area contributed by atoms with Gasteiger partial charge in [0.05, 0.1) is 30.3 Å². The lowest BCUT2D eigenvalue weighted by Gasteiger charge is -2.25. The lowest BCUT2D eigenvalue weighted by atomic mass is 9.91. The summed E-state index contributed by atoms with van der Waals surface area (Å²) in [5, 5.41) is 2.11. The summed E-state index contributed by atoms with van der Waals surface area (Å²) in [6.45, 7) is 0. The molecular formula is C20H16BrClN2O3. The quantitative estimate of drug-likeness (QED) is 0.573. The molecule has 2 aromatic carbocycles. The summed E-state index contributed by atoms with van der Waals surface area (Å²) in [6, 6.07) is 11.5. The molecule has 1 aliphatic rings. The summed E-state index contributed by atoms with van der Waals surface area (Å²) in [4.78, 5) is 4.61. The van der Waals surface area contributed by atoms with Crippen molar-refractivity contribution >= 4 is 38.3 Å². The molecule has 0 bridgehead atoms. The SMILES string of the molecule is COc1cc(C2C=C(N)Oc3c2nc(Cl)c2ccccc32)cc(Br)c1OC.